The lowest BCUT2D eigenvalue weighted by molar-refractivity contribution is 0.0805. The van der Waals surface area contributed by atoms with Crippen molar-refractivity contribution in [2.75, 3.05) is 20.3 Å². The number of nitrogens with one attached hydrogen (secondary N) is 1. The molecule has 1 aromatic rings. The number of rotatable bonds is 7. The van der Waals surface area contributed by atoms with E-state index in [0.717, 1.165) is 12.1 Å². The topological polar surface area (TPSA) is 30.5 Å². The van der Waals surface area contributed by atoms with Gasteiger partial charge in [-0.15, -0.1) is 0 Å². The largest absolute Gasteiger partial charge is 0.493 e. The average Bonchev–Trinajstić information content (AvgIpc) is 2.34. The molecule has 0 spiro atoms. The fraction of sp³-hybridized carbons (Fsp3) is 0.500. The van der Waals surface area contributed by atoms with Gasteiger partial charge in [0.2, 0.25) is 0 Å². The fourth-order valence-electron chi connectivity index (χ4n) is 1.43. The van der Waals surface area contributed by atoms with Crippen molar-refractivity contribution in [1.29, 1.82) is 0 Å². The highest BCUT2D eigenvalue weighted by Gasteiger charge is 2.14. The molecular formula is C12H16ClF2NO2. The van der Waals surface area contributed by atoms with Crippen LogP contribution in [0.4, 0.5) is 8.78 Å². The van der Waals surface area contributed by atoms with Gasteiger partial charge in [-0.05, 0) is 24.2 Å². The summed E-state index contributed by atoms with van der Waals surface area (Å²) in [6.07, 6.45) is -2.55. The number of hydrogen-bond donors (Lipinski definition) is 1. The first-order chi connectivity index (χ1) is 8.58. The highest BCUT2D eigenvalue weighted by atomic mass is 35.5. The second-order valence-corrected chi connectivity index (χ2v) is 4.00. The third-order valence-electron chi connectivity index (χ3n) is 2.22. The Hall–Kier alpha value is -1.07. The van der Waals surface area contributed by atoms with Gasteiger partial charge in [-0.25, -0.2) is 8.78 Å². The van der Waals surface area contributed by atoms with Crippen LogP contribution in [0.1, 0.15) is 12.5 Å². The smallest absolute Gasteiger partial charge is 0.272 e. The quantitative estimate of drug-likeness (QED) is 0.832. The molecule has 0 aliphatic heterocycles. The molecule has 0 heterocycles. The van der Waals surface area contributed by atoms with E-state index in [0.29, 0.717) is 12.3 Å². The van der Waals surface area contributed by atoms with Crippen LogP contribution in [0.3, 0.4) is 0 Å². The molecule has 3 nitrogen and oxygen atoms in total. The molecule has 0 saturated carbocycles. The normalized spacial score (nSPS) is 10.8. The van der Waals surface area contributed by atoms with Gasteiger partial charge in [0.05, 0.1) is 12.1 Å². The maximum atomic E-state index is 12.1. The summed E-state index contributed by atoms with van der Waals surface area (Å²) < 4.78 is 34.3. The lowest BCUT2D eigenvalue weighted by Crippen LogP contribution is -2.12. The number of halogens is 3. The number of methoxy groups -OCH3 is 1. The molecule has 0 fully saturated rings. The fourth-order valence-corrected chi connectivity index (χ4v) is 1.72. The highest BCUT2D eigenvalue weighted by Crippen LogP contribution is 2.36. The molecule has 0 radical (unpaired) electrons. The first-order valence-corrected chi connectivity index (χ1v) is 5.94. The van der Waals surface area contributed by atoms with Crippen molar-refractivity contribution in [2.45, 2.75) is 19.9 Å². The van der Waals surface area contributed by atoms with E-state index in [9.17, 15) is 8.78 Å². The Morgan fingerprint density at radius 3 is 2.67 bits per heavy atom. The van der Waals surface area contributed by atoms with Gasteiger partial charge in [0.1, 0.15) is 6.61 Å². The number of alkyl halides is 2. The maximum absolute atomic E-state index is 12.1. The lowest BCUT2D eigenvalue weighted by atomic mass is 10.2. The summed E-state index contributed by atoms with van der Waals surface area (Å²) in [6.45, 7) is 2.73. The molecule has 102 valence electrons. The minimum atomic E-state index is -2.55. The Kier molecular flexibility index (Phi) is 6.15. The molecule has 1 rings (SSSR count). The monoisotopic (exact) mass is 279 g/mol. The van der Waals surface area contributed by atoms with Crippen LogP contribution in [0.15, 0.2) is 12.1 Å². The molecule has 0 aliphatic rings. The zero-order valence-corrected chi connectivity index (χ0v) is 11.1. The second-order valence-electron chi connectivity index (χ2n) is 3.59. The van der Waals surface area contributed by atoms with E-state index in [2.05, 4.69) is 5.32 Å². The molecular weight excluding hydrogens is 264 g/mol. The van der Waals surface area contributed by atoms with Crippen molar-refractivity contribution in [3.63, 3.8) is 0 Å². The van der Waals surface area contributed by atoms with Crippen LogP contribution in [0.5, 0.6) is 11.5 Å². The van der Waals surface area contributed by atoms with Gasteiger partial charge in [0, 0.05) is 6.54 Å². The van der Waals surface area contributed by atoms with Crippen molar-refractivity contribution >= 4 is 11.6 Å². The summed E-state index contributed by atoms with van der Waals surface area (Å²) >= 11 is 6.00. The summed E-state index contributed by atoms with van der Waals surface area (Å²) in [5.41, 5.74) is 0.906. The van der Waals surface area contributed by atoms with Gasteiger partial charge in [-0.3, -0.25) is 0 Å². The zero-order valence-electron chi connectivity index (χ0n) is 10.3. The van der Waals surface area contributed by atoms with Gasteiger partial charge < -0.3 is 14.8 Å². The van der Waals surface area contributed by atoms with Crippen LogP contribution in [0, 0.1) is 0 Å². The van der Waals surface area contributed by atoms with E-state index < -0.39 is 13.0 Å². The number of hydrogen-bond acceptors (Lipinski definition) is 3. The summed E-state index contributed by atoms with van der Waals surface area (Å²) in [5, 5.41) is 3.40. The summed E-state index contributed by atoms with van der Waals surface area (Å²) in [4.78, 5) is 0. The van der Waals surface area contributed by atoms with E-state index in [-0.39, 0.29) is 10.8 Å². The third-order valence-corrected chi connectivity index (χ3v) is 2.50. The van der Waals surface area contributed by atoms with Gasteiger partial charge >= 0.3 is 0 Å². The Morgan fingerprint density at radius 2 is 2.11 bits per heavy atom. The summed E-state index contributed by atoms with van der Waals surface area (Å²) in [7, 11) is 1.44. The molecule has 1 N–H and O–H groups in total. The zero-order chi connectivity index (χ0) is 13.5. The van der Waals surface area contributed by atoms with Gasteiger partial charge in [-0.1, -0.05) is 18.5 Å². The van der Waals surface area contributed by atoms with E-state index in [4.69, 9.17) is 21.1 Å². The van der Waals surface area contributed by atoms with Crippen LogP contribution in [-0.4, -0.2) is 26.7 Å². The molecule has 0 atom stereocenters. The first kappa shape index (κ1) is 15.0. The Labute approximate surface area is 110 Å². The van der Waals surface area contributed by atoms with E-state index in [1.54, 1.807) is 12.1 Å². The predicted octanol–water partition coefficient (Wildman–Crippen LogP) is 3.10. The van der Waals surface area contributed by atoms with Crippen LogP contribution in [0.2, 0.25) is 5.02 Å². The van der Waals surface area contributed by atoms with E-state index >= 15 is 0 Å². The lowest BCUT2D eigenvalue weighted by Gasteiger charge is -2.14. The van der Waals surface area contributed by atoms with Crippen molar-refractivity contribution in [3.8, 4) is 11.5 Å². The maximum Gasteiger partial charge on any atom is 0.272 e. The SMILES string of the molecule is CCNCc1cc(Cl)c(OCC(F)F)c(OC)c1. The van der Waals surface area contributed by atoms with Crippen LogP contribution in [-0.2, 0) is 6.54 Å². The minimum Gasteiger partial charge on any atom is -0.493 e. The van der Waals surface area contributed by atoms with Crippen LogP contribution >= 0.6 is 11.6 Å². The minimum absolute atomic E-state index is 0.153. The second kappa shape index (κ2) is 7.38. The Balaban J connectivity index is 2.89. The van der Waals surface area contributed by atoms with Crippen molar-refractivity contribution in [3.05, 3.63) is 22.7 Å². The highest BCUT2D eigenvalue weighted by molar-refractivity contribution is 6.32. The van der Waals surface area contributed by atoms with Gasteiger partial charge in [0.25, 0.3) is 6.43 Å². The molecule has 18 heavy (non-hydrogen) atoms. The molecule has 0 unspecified atom stereocenters. The number of ether oxygens (including phenoxy) is 2. The Morgan fingerprint density at radius 1 is 1.39 bits per heavy atom. The summed E-state index contributed by atoms with van der Waals surface area (Å²) in [5.74, 6) is 0.510. The first-order valence-electron chi connectivity index (χ1n) is 5.56. The number of benzene rings is 1. The summed E-state index contributed by atoms with van der Waals surface area (Å²) in [6, 6.07) is 3.39. The third kappa shape index (κ3) is 4.31. The van der Waals surface area contributed by atoms with E-state index in [1.165, 1.54) is 7.11 Å². The molecule has 0 aliphatic carbocycles. The molecule has 0 amide bonds. The molecule has 1 aromatic carbocycles. The average molecular weight is 280 g/mol. The van der Waals surface area contributed by atoms with Gasteiger partial charge in [0.15, 0.2) is 11.5 Å². The molecule has 0 aromatic heterocycles. The predicted molar refractivity (Wildman–Crippen MR) is 66.9 cm³/mol. The van der Waals surface area contributed by atoms with Gasteiger partial charge in [-0.2, -0.15) is 0 Å². The standard InChI is InChI=1S/C12H16ClF2NO2/c1-3-16-6-8-4-9(13)12(10(5-8)17-2)18-7-11(14)15/h4-5,11,16H,3,6-7H2,1-2H3. The van der Waals surface area contributed by atoms with Crippen LogP contribution in [0.25, 0.3) is 0 Å². The van der Waals surface area contributed by atoms with Crippen molar-refractivity contribution in [2.24, 2.45) is 0 Å². The molecule has 0 bridgehead atoms. The molecule has 6 heteroatoms. The molecule has 0 saturated heterocycles. The van der Waals surface area contributed by atoms with E-state index in [1.807, 2.05) is 6.92 Å². The van der Waals surface area contributed by atoms with Crippen LogP contribution < -0.4 is 14.8 Å². The van der Waals surface area contributed by atoms with Crippen molar-refractivity contribution in [1.82, 2.24) is 5.32 Å². The Bertz CT molecular complexity index is 389. The van der Waals surface area contributed by atoms with Crippen molar-refractivity contribution < 1.29 is 18.3 Å².